The summed E-state index contributed by atoms with van der Waals surface area (Å²) in [6.07, 6.45) is 5.97. The molecule has 12 heavy (non-hydrogen) atoms. The highest BCUT2D eigenvalue weighted by molar-refractivity contribution is 9.11. The first-order chi connectivity index (χ1) is 5.70. The Morgan fingerprint density at radius 3 is 2.75 bits per heavy atom. The van der Waals surface area contributed by atoms with E-state index in [0.717, 1.165) is 6.42 Å². The van der Waals surface area contributed by atoms with Gasteiger partial charge in [0.2, 0.25) is 0 Å². The summed E-state index contributed by atoms with van der Waals surface area (Å²) in [5, 5.41) is 0. The molecule has 68 valence electrons. The molecule has 0 saturated carbocycles. The van der Waals surface area contributed by atoms with Crippen molar-refractivity contribution in [2.75, 3.05) is 7.11 Å². The zero-order chi connectivity index (χ0) is 9.40. The molecule has 0 aromatic heterocycles. The van der Waals surface area contributed by atoms with Crippen molar-refractivity contribution in [2.24, 2.45) is 0 Å². The van der Waals surface area contributed by atoms with Gasteiger partial charge in [-0.15, -0.1) is 0 Å². The summed E-state index contributed by atoms with van der Waals surface area (Å²) in [4.78, 5) is 12.3. The van der Waals surface area contributed by atoms with E-state index in [2.05, 4.69) is 15.9 Å². The topological polar surface area (TPSA) is 26.3 Å². The fourth-order valence-corrected chi connectivity index (χ4v) is 0.898. The number of carbonyl (C=O) groups is 1. The van der Waals surface area contributed by atoms with E-state index in [4.69, 9.17) is 4.74 Å². The van der Waals surface area contributed by atoms with Crippen molar-refractivity contribution in [3.05, 3.63) is 23.2 Å². The molecule has 0 aromatic carbocycles. The molecule has 2 nitrogen and oxygen atoms in total. The Kier molecular flexibility index (Phi) is 7.00. The summed E-state index contributed by atoms with van der Waals surface area (Å²) in [6, 6.07) is 0. The second-order valence-electron chi connectivity index (χ2n) is 2.34. The van der Waals surface area contributed by atoms with Crippen LogP contribution in [0.5, 0.6) is 0 Å². The molecule has 0 N–H and O–H groups in total. The molecule has 0 saturated heterocycles. The fraction of sp³-hybridized carbons (Fsp3) is 0.444. The van der Waals surface area contributed by atoms with Crippen molar-refractivity contribution >= 4 is 21.7 Å². The third-order valence-corrected chi connectivity index (χ3v) is 1.68. The van der Waals surface area contributed by atoms with E-state index in [-0.39, 0.29) is 11.9 Å². The van der Waals surface area contributed by atoms with Gasteiger partial charge < -0.3 is 4.74 Å². The molecule has 0 aliphatic heterocycles. The minimum absolute atomic E-state index is 0.0114. The Morgan fingerprint density at radius 2 is 2.33 bits per heavy atom. The van der Waals surface area contributed by atoms with Crippen molar-refractivity contribution in [2.45, 2.75) is 19.4 Å². The van der Waals surface area contributed by atoms with Crippen LogP contribution in [0.15, 0.2) is 23.2 Å². The SMILES string of the molecule is CO[C@@H](/C=C/C(C)=O)C/C=C/Br. The van der Waals surface area contributed by atoms with Gasteiger partial charge in [-0.1, -0.05) is 28.1 Å². The molecular weight excluding hydrogens is 220 g/mol. The molecule has 0 bridgehead atoms. The lowest BCUT2D eigenvalue weighted by atomic mass is 10.2. The van der Waals surface area contributed by atoms with E-state index in [0.29, 0.717) is 0 Å². The molecule has 0 fully saturated rings. The van der Waals surface area contributed by atoms with Crippen molar-refractivity contribution in [1.82, 2.24) is 0 Å². The molecule has 0 aromatic rings. The average molecular weight is 233 g/mol. The molecule has 1 atom stereocenters. The van der Waals surface area contributed by atoms with Crippen LogP contribution < -0.4 is 0 Å². The minimum Gasteiger partial charge on any atom is -0.377 e. The Labute approximate surface area is 81.4 Å². The van der Waals surface area contributed by atoms with Gasteiger partial charge in [0.15, 0.2) is 5.78 Å². The third-order valence-electron chi connectivity index (χ3n) is 1.31. The van der Waals surface area contributed by atoms with Crippen LogP contribution in [0.1, 0.15) is 13.3 Å². The minimum atomic E-state index is -0.0114. The van der Waals surface area contributed by atoms with Crippen LogP contribution in [-0.2, 0) is 9.53 Å². The molecule has 0 aliphatic carbocycles. The first kappa shape index (κ1) is 11.6. The van der Waals surface area contributed by atoms with Gasteiger partial charge >= 0.3 is 0 Å². The van der Waals surface area contributed by atoms with Crippen LogP contribution in [0.3, 0.4) is 0 Å². The number of ketones is 1. The quantitative estimate of drug-likeness (QED) is 0.681. The van der Waals surface area contributed by atoms with Gasteiger partial charge in [-0.3, -0.25) is 4.79 Å². The molecule has 0 aliphatic rings. The average Bonchev–Trinajstić information content (AvgIpc) is 2.05. The number of halogens is 1. The van der Waals surface area contributed by atoms with Gasteiger partial charge in [0, 0.05) is 7.11 Å². The number of carbonyl (C=O) groups excluding carboxylic acids is 1. The lowest BCUT2D eigenvalue weighted by molar-refractivity contribution is -0.112. The maximum absolute atomic E-state index is 10.6. The second-order valence-corrected chi connectivity index (χ2v) is 2.87. The summed E-state index contributed by atoms with van der Waals surface area (Å²) in [7, 11) is 1.62. The van der Waals surface area contributed by atoms with Crippen LogP contribution in [0.4, 0.5) is 0 Å². The molecule has 3 heteroatoms. The number of rotatable bonds is 5. The number of allylic oxidation sites excluding steroid dienone is 1. The normalized spacial score (nSPS) is 14.2. The summed E-state index contributed by atoms with van der Waals surface area (Å²) >= 11 is 3.16. The van der Waals surface area contributed by atoms with E-state index >= 15 is 0 Å². The van der Waals surface area contributed by atoms with Crippen molar-refractivity contribution in [3.63, 3.8) is 0 Å². The number of hydrogen-bond donors (Lipinski definition) is 0. The van der Waals surface area contributed by atoms with Gasteiger partial charge in [0.05, 0.1) is 6.10 Å². The fourth-order valence-electron chi connectivity index (χ4n) is 0.682. The molecular formula is C9H13BrO2. The smallest absolute Gasteiger partial charge is 0.152 e. The zero-order valence-electron chi connectivity index (χ0n) is 7.29. The molecule has 0 radical (unpaired) electrons. The van der Waals surface area contributed by atoms with Gasteiger partial charge in [0.1, 0.15) is 0 Å². The van der Waals surface area contributed by atoms with Gasteiger partial charge in [-0.05, 0) is 24.4 Å². The maximum atomic E-state index is 10.6. The molecule has 0 spiro atoms. The maximum Gasteiger partial charge on any atom is 0.152 e. The largest absolute Gasteiger partial charge is 0.377 e. The molecule has 0 rings (SSSR count). The summed E-state index contributed by atoms with van der Waals surface area (Å²) in [5.74, 6) is 0.0415. The second kappa shape index (κ2) is 7.25. The van der Waals surface area contributed by atoms with Crippen LogP contribution in [0.25, 0.3) is 0 Å². The van der Waals surface area contributed by atoms with Crippen LogP contribution in [0.2, 0.25) is 0 Å². The summed E-state index contributed by atoms with van der Waals surface area (Å²) < 4.78 is 5.09. The Morgan fingerprint density at radius 1 is 1.67 bits per heavy atom. The van der Waals surface area contributed by atoms with Crippen LogP contribution in [0, 0.1) is 0 Å². The van der Waals surface area contributed by atoms with Gasteiger partial charge in [-0.2, -0.15) is 0 Å². The lowest BCUT2D eigenvalue weighted by Crippen LogP contribution is -2.05. The van der Waals surface area contributed by atoms with Gasteiger partial charge in [0.25, 0.3) is 0 Å². The van der Waals surface area contributed by atoms with E-state index in [1.807, 2.05) is 6.08 Å². The molecule has 0 unspecified atom stereocenters. The van der Waals surface area contributed by atoms with Crippen molar-refractivity contribution in [1.29, 1.82) is 0 Å². The standard InChI is InChI=1S/C9H13BrO2/c1-8(11)5-6-9(12-2)4-3-7-10/h3,5-7,9H,4H2,1-2H3/b6-5+,7-3+/t9-/m1/s1. The highest BCUT2D eigenvalue weighted by atomic mass is 79.9. The Bertz CT molecular complexity index is 185. The van der Waals surface area contributed by atoms with E-state index < -0.39 is 0 Å². The Hall–Kier alpha value is -0.410. The number of hydrogen-bond acceptors (Lipinski definition) is 2. The molecule has 0 amide bonds. The highest BCUT2D eigenvalue weighted by Crippen LogP contribution is 2.01. The monoisotopic (exact) mass is 232 g/mol. The van der Waals surface area contributed by atoms with Gasteiger partial charge in [-0.25, -0.2) is 0 Å². The summed E-state index contributed by atoms with van der Waals surface area (Å²) in [5.41, 5.74) is 0. The third kappa shape index (κ3) is 6.31. The lowest BCUT2D eigenvalue weighted by Gasteiger charge is -2.06. The number of ether oxygens (including phenoxy) is 1. The summed E-state index contributed by atoms with van der Waals surface area (Å²) in [6.45, 7) is 1.52. The predicted octanol–water partition coefficient (Wildman–Crippen LogP) is 2.45. The zero-order valence-corrected chi connectivity index (χ0v) is 8.87. The van der Waals surface area contributed by atoms with Crippen LogP contribution in [-0.4, -0.2) is 19.0 Å². The highest BCUT2D eigenvalue weighted by Gasteiger charge is 1.98. The van der Waals surface area contributed by atoms with E-state index in [1.54, 1.807) is 18.2 Å². The van der Waals surface area contributed by atoms with E-state index in [1.165, 1.54) is 13.0 Å². The van der Waals surface area contributed by atoms with Crippen molar-refractivity contribution in [3.8, 4) is 0 Å². The van der Waals surface area contributed by atoms with E-state index in [9.17, 15) is 4.79 Å². The predicted molar refractivity (Wildman–Crippen MR) is 53.3 cm³/mol. The first-order valence-corrected chi connectivity index (χ1v) is 4.59. The van der Waals surface area contributed by atoms with Crippen molar-refractivity contribution < 1.29 is 9.53 Å². The number of methoxy groups -OCH3 is 1. The Balaban J connectivity index is 3.90. The van der Waals surface area contributed by atoms with Crippen LogP contribution >= 0.6 is 15.9 Å². The first-order valence-electron chi connectivity index (χ1n) is 3.67. The molecule has 0 heterocycles.